The number of carbonyl (C=O) groups is 2. The third kappa shape index (κ3) is 9.07. The van der Waals surface area contributed by atoms with Crippen molar-refractivity contribution in [3.8, 4) is 0 Å². The van der Waals surface area contributed by atoms with Crippen molar-refractivity contribution < 1.29 is 14.0 Å². The van der Waals surface area contributed by atoms with Gasteiger partial charge in [-0.05, 0) is 12.5 Å². The molecule has 172 valence electrons. The van der Waals surface area contributed by atoms with Gasteiger partial charge in [-0.25, -0.2) is 4.79 Å². The second-order valence-corrected chi connectivity index (χ2v) is 14.5. The molecular weight excluding hydrogens is 392 g/mol. The van der Waals surface area contributed by atoms with Gasteiger partial charge in [-0.15, -0.1) is 0 Å². The molecule has 0 bridgehead atoms. The molecule has 5 nitrogen and oxygen atoms in total. The van der Waals surface area contributed by atoms with Crippen molar-refractivity contribution in [3.63, 3.8) is 0 Å². The number of hydrogen-bond donors (Lipinski definition) is 1. The Labute approximate surface area is 185 Å². The summed E-state index contributed by atoms with van der Waals surface area (Å²) in [5.74, 6) is -0.483. The lowest BCUT2D eigenvalue weighted by Crippen LogP contribution is -2.42. The predicted molar refractivity (Wildman–Crippen MR) is 128 cm³/mol. The second-order valence-electron chi connectivity index (χ2n) is 9.47. The van der Waals surface area contributed by atoms with E-state index < -0.39 is 8.07 Å². The quantitative estimate of drug-likeness (QED) is 0.287. The number of amides is 3. The van der Waals surface area contributed by atoms with Crippen LogP contribution < -0.4 is 10.7 Å². The Morgan fingerprint density at radius 3 is 2.00 bits per heavy atom. The van der Waals surface area contributed by atoms with Gasteiger partial charge in [0.1, 0.15) is 8.07 Å². The molecule has 6 heteroatoms. The maximum atomic E-state index is 13.0. The summed E-state index contributed by atoms with van der Waals surface area (Å²) < 4.78 is 5.82. The van der Waals surface area contributed by atoms with Crippen molar-refractivity contribution in [3.05, 3.63) is 17.9 Å². The SMILES string of the molecule is CCCCCCCCCCCCC(C(=O)N(C)C(=O)NC)c1coc([Si](C)(C)C)c1. The molecule has 0 aliphatic rings. The van der Waals surface area contributed by atoms with Gasteiger partial charge < -0.3 is 9.73 Å². The minimum Gasteiger partial charge on any atom is -0.474 e. The minimum absolute atomic E-state index is 0.159. The van der Waals surface area contributed by atoms with E-state index in [0.29, 0.717) is 0 Å². The maximum Gasteiger partial charge on any atom is 0.323 e. The van der Waals surface area contributed by atoms with E-state index in [4.69, 9.17) is 4.42 Å². The smallest absolute Gasteiger partial charge is 0.323 e. The van der Waals surface area contributed by atoms with Gasteiger partial charge in [0, 0.05) is 19.7 Å². The summed E-state index contributed by atoms with van der Waals surface area (Å²) in [6.45, 7) is 8.93. The average Bonchev–Trinajstić information content (AvgIpc) is 3.21. The normalized spacial score (nSPS) is 12.6. The summed E-state index contributed by atoms with van der Waals surface area (Å²) in [5.41, 5.74) is 0.907. The molecule has 1 aromatic rings. The third-order valence-corrected chi connectivity index (χ3v) is 7.50. The molecule has 0 aliphatic heterocycles. The lowest BCUT2D eigenvalue weighted by molar-refractivity contribution is -0.129. The molecule has 1 aromatic heterocycles. The molecule has 1 rings (SSSR count). The molecule has 3 amide bonds. The Bertz CT molecular complexity index is 637. The van der Waals surface area contributed by atoms with Crippen LogP contribution in [-0.4, -0.2) is 39.0 Å². The number of likely N-dealkylation sites (N-methyl/N-ethyl adjacent to an activating group) is 1. The molecule has 0 spiro atoms. The van der Waals surface area contributed by atoms with E-state index in [1.807, 2.05) is 6.07 Å². The molecule has 1 heterocycles. The van der Waals surface area contributed by atoms with Gasteiger partial charge in [-0.3, -0.25) is 9.69 Å². The first kappa shape index (κ1) is 26.5. The van der Waals surface area contributed by atoms with Crippen LogP contribution in [0.25, 0.3) is 0 Å². The number of unbranched alkanes of at least 4 members (excludes halogenated alkanes) is 9. The molecular formula is C24H44N2O3Si. The zero-order valence-electron chi connectivity index (χ0n) is 20.2. The molecule has 0 aromatic carbocycles. The van der Waals surface area contributed by atoms with Crippen LogP contribution in [0.3, 0.4) is 0 Å². The van der Waals surface area contributed by atoms with Crippen LogP contribution in [0.5, 0.6) is 0 Å². The Kier molecular flexibility index (Phi) is 12.1. The highest BCUT2D eigenvalue weighted by atomic mass is 28.3. The number of hydrogen-bond acceptors (Lipinski definition) is 3. The molecule has 1 unspecified atom stereocenters. The van der Waals surface area contributed by atoms with Gasteiger partial charge >= 0.3 is 6.03 Å². The first-order valence-electron chi connectivity index (χ1n) is 11.8. The second kappa shape index (κ2) is 13.7. The summed E-state index contributed by atoms with van der Waals surface area (Å²) in [7, 11) is 1.51. The monoisotopic (exact) mass is 436 g/mol. The fourth-order valence-electron chi connectivity index (χ4n) is 3.70. The molecule has 1 atom stereocenters. The third-order valence-electron chi connectivity index (χ3n) is 5.75. The van der Waals surface area contributed by atoms with Crippen molar-refractivity contribution in [2.24, 2.45) is 0 Å². The molecule has 0 saturated carbocycles. The zero-order valence-corrected chi connectivity index (χ0v) is 21.2. The average molecular weight is 437 g/mol. The number of carbonyl (C=O) groups excluding carboxylic acids is 2. The van der Waals surface area contributed by atoms with Crippen LogP contribution in [0.2, 0.25) is 19.6 Å². The standard InChI is InChI=1S/C24H44N2O3Si/c1-7-8-9-10-11-12-13-14-15-16-17-21(23(27)26(3)24(28)25-2)20-18-22(29-19-20)30(4,5)6/h18-19,21H,7-17H2,1-6H3,(H,25,28). The van der Waals surface area contributed by atoms with Gasteiger partial charge in [-0.2, -0.15) is 0 Å². The number of imide groups is 1. The van der Waals surface area contributed by atoms with E-state index in [0.717, 1.165) is 30.2 Å². The van der Waals surface area contributed by atoms with Crippen LogP contribution in [-0.2, 0) is 4.79 Å². The summed E-state index contributed by atoms with van der Waals surface area (Å²) in [6, 6.07) is 1.67. The van der Waals surface area contributed by atoms with Crippen molar-refractivity contribution in [2.45, 2.75) is 103 Å². The number of furan rings is 1. The lowest BCUT2D eigenvalue weighted by atomic mass is 9.93. The zero-order chi connectivity index (χ0) is 22.6. The van der Waals surface area contributed by atoms with E-state index in [1.165, 1.54) is 56.3 Å². The van der Waals surface area contributed by atoms with Crippen LogP contribution in [0, 0.1) is 0 Å². The minimum atomic E-state index is -1.59. The Morgan fingerprint density at radius 1 is 1.00 bits per heavy atom. The van der Waals surface area contributed by atoms with Crippen molar-refractivity contribution in [1.29, 1.82) is 0 Å². The fraction of sp³-hybridized carbons (Fsp3) is 0.750. The highest BCUT2D eigenvalue weighted by Crippen LogP contribution is 2.26. The molecule has 0 aliphatic carbocycles. The lowest BCUT2D eigenvalue weighted by Gasteiger charge is -2.21. The predicted octanol–water partition coefficient (Wildman–Crippen LogP) is 6.02. The summed E-state index contributed by atoms with van der Waals surface area (Å²) in [4.78, 5) is 26.2. The van der Waals surface area contributed by atoms with Crippen LogP contribution in [0.15, 0.2) is 16.7 Å². The highest BCUT2D eigenvalue weighted by molar-refractivity contribution is 6.87. The topological polar surface area (TPSA) is 62.6 Å². The summed E-state index contributed by atoms with van der Waals surface area (Å²) in [6.07, 6.45) is 15.1. The summed E-state index contributed by atoms with van der Waals surface area (Å²) in [5, 5.41) is 3.54. The van der Waals surface area contributed by atoms with Crippen LogP contribution >= 0.6 is 0 Å². The Hall–Kier alpha value is -1.56. The van der Waals surface area contributed by atoms with Crippen molar-refractivity contribution in [1.82, 2.24) is 10.2 Å². The number of rotatable bonds is 14. The fourth-order valence-corrected chi connectivity index (χ4v) is 4.71. The first-order valence-corrected chi connectivity index (χ1v) is 15.3. The van der Waals surface area contributed by atoms with E-state index in [-0.39, 0.29) is 17.9 Å². The Balaban J connectivity index is 2.60. The van der Waals surface area contributed by atoms with E-state index >= 15 is 0 Å². The molecule has 1 N–H and O–H groups in total. The highest BCUT2D eigenvalue weighted by Gasteiger charge is 2.30. The molecule has 0 radical (unpaired) electrons. The molecule has 0 saturated heterocycles. The number of urea groups is 1. The van der Waals surface area contributed by atoms with Crippen LogP contribution in [0.4, 0.5) is 4.79 Å². The van der Waals surface area contributed by atoms with Gasteiger partial charge in [0.2, 0.25) is 5.91 Å². The molecule has 0 fully saturated rings. The van der Waals surface area contributed by atoms with Crippen molar-refractivity contribution >= 4 is 25.4 Å². The maximum absolute atomic E-state index is 13.0. The van der Waals surface area contributed by atoms with Gasteiger partial charge in [-0.1, -0.05) is 90.8 Å². The van der Waals surface area contributed by atoms with Gasteiger partial charge in [0.15, 0.2) is 0 Å². The van der Waals surface area contributed by atoms with Crippen molar-refractivity contribution in [2.75, 3.05) is 14.1 Å². The Morgan fingerprint density at radius 2 is 1.53 bits per heavy atom. The molecule has 30 heavy (non-hydrogen) atoms. The van der Waals surface area contributed by atoms with E-state index in [2.05, 4.69) is 31.9 Å². The number of nitrogens with one attached hydrogen (secondary N) is 1. The number of nitrogens with zero attached hydrogens (tertiary/aromatic N) is 1. The summed E-state index contributed by atoms with van der Waals surface area (Å²) >= 11 is 0. The van der Waals surface area contributed by atoms with E-state index in [1.54, 1.807) is 20.4 Å². The largest absolute Gasteiger partial charge is 0.474 e. The first-order chi connectivity index (χ1) is 14.2. The van der Waals surface area contributed by atoms with Gasteiger partial charge in [0.05, 0.1) is 17.6 Å². The van der Waals surface area contributed by atoms with Crippen LogP contribution in [0.1, 0.15) is 89.0 Å². The van der Waals surface area contributed by atoms with Gasteiger partial charge in [0.25, 0.3) is 0 Å². The van der Waals surface area contributed by atoms with E-state index in [9.17, 15) is 9.59 Å².